The van der Waals surface area contributed by atoms with Gasteiger partial charge in [-0.1, -0.05) is 26.0 Å². The lowest BCUT2D eigenvalue weighted by Crippen LogP contribution is -2.35. The molecule has 0 saturated heterocycles. The second kappa shape index (κ2) is 4.88. The highest BCUT2D eigenvalue weighted by molar-refractivity contribution is 6.00. The number of Topliss-reactive ketones (excluding diaryl/α,β-unsaturated/α-hetero) is 1. The highest BCUT2D eigenvalue weighted by atomic mass is 16.5. The minimum Gasteiger partial charge on any atom is -0.490 e. The van der Waals surface area contributed by atoms with Gasteiger partial charge in [0.05, 0.1) is 12.1 Å². The van der Waals surface area contributed by atoms with Crippen molar-refractivity contribution >= 4 is 5.78 Å². The van der Waals surface area contributed by atoms with Crippen molar-refractivity contribution in [2.45, 2.75) is 38.8 Å². The normalized spacial score (nSPS) is 16.9. The number of hydrogen-bond donors (Lipinski definition) is 1. The molecule has 1 unspecified atom stereocenters. The van der Waals surface area contributed by atoms with E-state index >= 15 is 0 Å². The van der Waals surface area contributed by atoms with Crippen molar-refractivity contribution in [3.8, 4) is 5.75 Å². The summed E-state index contributed by atoms with van der Waals surface area (Å²) in [5.74, 6) is 0.908. The van der Waals surface area contributed by atoms with Crippen LogP contribution in [0.4, 0.5) is 0 Å². The molecule has 0 spiro atoms. The molecule has 2 N–H and O–H groups in total. The quantitative estimate of drug-likeness (QED) is 0.794. The third kappa shape index (κ3) is 3.07. The third-order valence-corrected chi connectivity index (χ3v) is 2.97. The van der Waals surface area contributed by atoms with Gasteiger partial charge in [-0.05, 0) is 30.9 Å². The van der Waals surface area contributed by atoms with Crippen molar-refractivity contribution < 1.29 is 9.53 Å². The van der Waals surface area contributed by atoms with Gasteiger partial charge in [0.2, 0.25) is 0 Å². The second-order valence-electron chi connectivity index (χ2n) is 4.98. The Morgan fingerprint density at radius 2 is 2.12 bits per heavy atom. The maximum atomic E-state index is 12.1. The van der Waals surface area contributed by atoms with Crippen molar-refractivity contribution in [1.29, 1.82) is 0 Å². The number of ether oxygens (including phenoxy) is 1. The van der Waals surface area contributed by atoms with Gasteiger partial charge in [0.15, 0.2) is 5.78 Å². The van der Waals surface area contributed by atoms with E-state index in [1.165, 1.54) is 0 Å². The van der Waals surface area contributed by atoms with Crippen LogP contribution in [0.15, 0.2) is 24.3 Å². The SMILES string of the molecule is CC(C)C(N)C(=O)c1cccc(OC2CC2)c1. The summed E-state index contributed by atoms with van der Waals surface area (Å²) in [6, 6.07) is 6.88. The van der Waals surface area contributed by atoms with Gasteiger partial charge in [-0.25, -0.2) is 0 Å². The van der Waals surface area contributed by atoms with E-state index in [2.05, 4.69) is 0 Å². The Hall–Kier alpha value is -1.35. The lowest BCUT2D eigenvalue weighted by molar-refractivity contribution is 0.0940. The molecule has 0 bridgehead atoms. The van der Waals surface area contributed by atoms with Crippen molar-refractivity contribution in [3.63, 3.8) is 0 Å². The predicted molar refractivity (Wildman–Crippen MR) is 67.2 cm³/mol. The van der Waals surface area contributed by atoms with Gasteiger partial charge in [0, 0.05) is 5.56 Å². The molecule has 1 aromatic rings. The Balaban J connectivity index is 2.11. The first-order valence-electron chi connectivity index (χ1n) is 6.14. The topological polar surface area (TPSA) is 52.3 Å². The van der Waals surface area contributed by atoms with Crippen LogP contribution in [0.3, 0.4) is 0 Å². The van der Waals surface area contributed by atoms with E-state index in [1.807, 2.05) is 26.0 Å². The average molecular weight is 233 g/mol. The fraction of sp³-hybridized carbons (Fsp3) is 0.500. The molecule has 3 heteroatoms. The van der Waals surface area contributed by atoms with Crippen LogP contribution in [0.25, 0.3) is 0 Å². The first kappa shape index (κ1) is 12.1. The fourth-order valence-corrected chi connectivity index (χ4v) is 1.60. The van der Waals surface area contributed by atoms with E-state index in [9.17, 15) is 4.79 Å². The standard InChI is InChI=1S/C14H19NO2/c1-9(2)13(15)14(16)10-4-3-5-12(8-10)17-11-6-7-11/h3-5,8-9,11,13H,6-7,15H2,1-2H3. The molecule has 1 fully saturated rings. The average Bonchev–Trinajstić information content (AvgIpc) is 3.11. The molecular formula is C14H19NO2. The minimum absolute atomic E-state index is 0.0127. The minimum atomic E-state index is -0.439. The first-order chi connectivity index (χ1) is 8.08. The molecule has 1 aromatic carbocycles. The Morgan fingerprint density at radius 3 is 2.71 bits per heavy atom. The van der Waals surface area contributed by atoms with Crippen molar-refractivity contribution in [2.75, 3.05) is 0 Å². The Morgan fingerprint density at radius 1 is 1.41 bits per heavy atom. The van der Waals surface area contributed by atoms with E-state index in [0.717, 1.165) is 18.6 Å². The molecular weight excluding hydrogens is 214 g/mol. The maximum absolute atomic E-state index is 12.1. The smallest absolute Gasteiger partial charge is 0.179 e. The molecule has 1 aliphatic carbocycles. The van der Waals surface area contributed by atoms with E-state index in [0.29, 0.717) is 11.7 Å². The maximum Gasteiger partial charge on any atom is 0.179 e. The van der Waals surface area contributed by atoms with Crippen LogP contribution in [0, 0.1) is 5.92 Å². The molecule has 0 radical (unpaired) electrons. The van der Waals surface area contributed by atoms with Crippen molar-refractivity contribution in [3.05, 3.63) is 29.8 Å². The molecule has 92 valence electrons. The first-order valence-corrected chi connectivity index (χ1v) is 6.14. The van der Waals surface area contributed by atoms with E-state index < -0.39 is 6.04 Å². The highest BCUT2D eigenvalue weighted by Gasteiger charge is 2.24. The van der Waals surface area contributed by atoms with Crippen LogP contribution >= 0.6 is 0 Å². The zero-order chi connectivity index (χ0) is 12.4. The van der Waals surface area contributed by atoms with Crippen LogP contribution in [-0.2, 0) is 0 Å². The van der Waals surface area contributed by atoms with Gasteiger partial charge >= 0.3 is 0 Å². The summed E-state index contributed by atoms with van der Waals surface area (Å²) in [6.07, 6.45) is 2.58. The van der Waals surface area contributed by atoms with Crippen molar-refractivity contribution in [1.82, 2.24) is 0 Å². The summed E-state index contributed by atoms with van der Waals surface area (Å²) >= 11 is 0. The molecule has 17 heavy (non-hydrogen) atoms. The number of rotatable bonds is 5. The van der Waals surface area contributed by atoms with Gasteiger partial charge in [-0.3, -0.25) is 4.79 Å². The predicted octanol–water partition coefficient (Wildman–Crippen LogP) is 2.39. The largest absolute Gasteiger partial charge is 0.490 e. The lowest BCUT2D eigenvalue weighted by atomic mass is 9.96. The summed E-state index contributed by atoms with van der Waals surface area (Å²) in [5.41, 5.74) is 6.51. The summed E-state index contributed by atoms with van der Waals surface area (Å²) in [7, 11) is 0. The Kier molecular flexibility index (Phi) is 3.48. The number of nitrogens with two attached hydrogens (primary N) is 1. The monoisotopic (exact) mass is 233 g/mol. The van der Waals surface area contributed by atoms with Gasteiger partial charge in [0.1, 0.15) is 5.75 Å². The van der Waals surface area contributed by atoms with Crippen LogP contribution in [0.2, 0.25) is 0 Å². The van der Waals surface area contributed by atoms with E-state index in [1.54, 1.807) is 12.1 Å². The number of carbonyl (C=O) groups is 1. The van der Waals surface area contributed by atoms with Crippen LogP contribution in [-0.4, -0.2) is 17.9 Å². The third-order valence-electron chi connectivity index (χ3n) is 2.97. The molecule has 2 rings (SSSR count). The number of hydrogen-bond acceptors (Lipinski definition) is 3. The molecule has 1 aliphatic rings. The number of carbonyl (C=O) groups excluding carboxylic acids is 1. The Bertz CT molecular complexity index is 410. The van der Waals surface area contributed by atoms with Gasteiger partial charge in [-0.2, -0.15) is 0 Å². The van der Waals surface area contributed by atoms with Crippen LogP contribution in [0.5, 0.6) is 5.75 Å². The van der Waals surface area contributed by atoms with Crippen molar-refractivity contribution in [2.24, 2.45) is 11.7 Å². The Labute approximate surface area is 102 Å². The van der Waals surface area contributed by atoms with Gasteiger partial charge < -0.3 is 10.5 Å². The second-order valence-corrected chi connectivity index (χ2v) is 4.98. The molecule has 1 saturated carbocycles. The zero-order valence-electron chi connectivity index (χ0n) is 10.3. The number of ketones is 1. The zero-order valence-corrected chi connectivity index (χ0v) is 10.3. The van der Waals surface area contributed by atoms with Gasteiger partial charge in [0.25, 0.3) is 0 Å². The van der Waals surface area contributed by atoms with Crippen LogP contribution in [0.1, 0.15) is 37.0 Å². The van der Waals surface area contributed by atoms with Gasteiger partial charge in [-0.15, -0.1) is 0 Å². The van der Waals surface area contributed by atoms with Crippen LogP contribution < -0.4 is 10.5 Å². The van der Waals surface area contributed by atoms with E-state index in [4.69, 9.17) is 10.5 Å². The summed E-state index contributed by atoms with van der Waals surface area (Å²) in [5, 5.41) is 0. The molecule has 0 amide bonds. The molecule has 3 nitrogen and oxygen atoms in total. The fourth-order valence-electron chi connectivity index (χ4n) is 1.60. The van der Waals surface area contributed by atoms with E-state index in [-0.39, 0.29) is 11.7 Å². The lowest BCUT2D eigenvalue weighted by Gasteiger charge is -2.14. The molecule has 0 aliphatic heterocycles. The highest BCUT2D eigenvalue weighted by Crippen LogP contribution is 2.27. The summed E-state index contributed by atoms with van der Waals surface area (Å²) < 4.78 is 5.66. The summed E-state index contributed by atoms with van der Waals surface area (Å²) in [4.78, 5) is 12.1. The number of benzene rings is 1. The summed E-state index contributed by atoms with van der Waals surface area (Å²) in [6.45, 7) is 3.90. The molecule has 1 atom stereocenters. The molecule has 0 heterocycles. The molecule has 0 aromatic heterocycles.